The topological polar surface area (TPSA) is 21.6 Å². The van der Waals surface area contributed by atoms with Crippen LogP contribution in [-0.2, 0) is 4.84 Å². The van der Waals surface area contributed by atoms with Gasteiger partial charge in [0.05, 0.1) is 0 Å². The SMILES string of the molecule is C(=C\c1ccccc1)/CON=C(c1ccccc1)c1ccccc1. The molecule has 24 heavy (non-hydrogen) atoms. The lowest BCUT2D eigenvalue weighted by Crippen LogP contribution is -2.04. The summed E-state index contributed by atoms with van der Waals surface area (Å²) in [7, 11) is 0. The summed E-state index contributed by atoms with van der Waals surface area (Å²) in [6, 6.07) is 30.3. The third-order valence-electron chi connectivity index (χ3n) is 3.53. The van der Waals surface area contributed by atoms with Gasteiger partial charge in [0, 0.05) is 11.1 Å². The molecule has 0 heterocycles. The summed E-state index contributed by atoms with van der Waals surface area (Å²) in [6.07, 6.45) is 3.99. The highest BCUT2D eigenvalue weighted by Crippen LogP contribution is 2.11. The van der Waals surface area contributed by atoms with Crippen LogP contribution in [0.3, 0.4) is 0 Å². The average Bonchev–Trinajstić information content (AvgIpc) is 2.67. The van der Waals surface area contributed by atoms with Crippen LogP contribution in [0.15, 0.2) is 102 Å². The van der Waals surface area contributed by atoms with Gasteiger partial charge in [-0.15, -0.1) is 0 Å². The van der Waals surface area contributed by atoms with E-state index in [0.29, 0.717) is 6.61 Å². The monoisotopic (exact) mass is 313 g/mol. The fraction of sp³-hybridized carbons (Fsp3) is 0.0455. The maximum absolute atomic E-state index is 5.53. The zero-order valence-electron chi connectivity index (χ0n) is 13.4. The number of rotatable bonds is 6. The lowest BCUT2D eigenvalue weighted by molar-refractivity contribution is 0.175. The molecule has 0 bridgehead atoms. The van der Waals surface area contributed by atoms with E-state index in [4.69, 9.17) is 4.84 Å². The van der Waals surface area contributed by atoms with Gasteiger partial charge in [-0.1, -0.05) is 102 Å². The Labute approximate surface area is 142 Å². The summed E-state index contributed by atoms with van der Waals surface area (Å²) in [6.45, 7) is 0.429. The Morgan fingerprint density at radius 1 is 0.708 bits per heavy atom. The standard InChI is InChI=1S/C22H19NO/c1-4-11-19(12-5-1)13-10-18-24-23-22(20-14-6-2-7-15-20)21-16-8-3-9-17-21/h1-17H,18H2/b13-10+. The third kappa shape index (κ3) is 4.43. The molecule has 118 valence electrons. The molecule has 0 aliphatic rings. The Kier molecular flexibility index (Phi) is 5.57. The van der Waals surface area contributed by atoms with Gasteiger partial charge in [0.25, 0.3) is 0 Å². The van der Waals surface area contributed by atoms with E-state index in [0.717, 1.165) is 22.4 Å². The summed E-state index contributed by atoms with van der Waals surface area (Å²) in [4.78, 5) is 5.53. The van der Waals surface area contributed by atoms with Gasteiger partial charge in [-0.25, -0.2) is 0 Å². The Balaban J connectivity index is 1.72. The van der Waals surface area contributed by atoms with Gasteiger partial charge in [-0.3, -0.25) is 0 Å². The minimum absolute atomic E-state index is 0.429. The molecule has 3 aromatic rings. The van der Waals surface area contributed by atoms with Crippen molar-refractivity contribution >= 4 is 11.8 Å². The van der Waals surface area contributed by atoms with E-state index in [-0.39, 0.29) is 0 Å². The van der Waals surface area contributed by atoms with Crippen LogP contribution in [-0.4, -0.2) is 12.3 Å². The van der Waals surface area contributed by atoms with Crippen LogP contribution in [0.2, 0.25) is 0 Å². The maximum atomic E-state index is 5.53. The van der Waals surface area contributed by atoms with E-state index in [2.05, 4.69) is 17.3 Å². The van der Waals surface area contributed by atoms with Crippen LogP contribution in [0.25, 0.3) is 6.08 Å². The zero-order chi connectivity index (χ0) is 16.5. The Hall–Kier alpha value is -3.13. The normalized spacial score (nSPS) is 10.5. The Morgan fingerprint density at radius 3 is 1.75 bits per heavy atom. The van der Waals surface area contributed by atoms with Crippen molar-refractivity contribution in [3.05, 3.63) is 114 Å². The summed E-state index contributed by atoms with van der Waals surface area (Å²) in [5.41, 5.74) is 4.06. The molecule has 0 unspecified atom stereocenters. The molecule has 0 atom stereocenters. The molecule has 0 spiro atoms. The molecule has 0 saturated carbocycles. The molecule has 0 aliphatic carbocycles. The van der Waals surface area contributed by atoms with E-state index in [1.54, 1.807) is 0 Å². The van der Waals surface area contributed by atoms with Crippen molar-refractivity contribution in [2.45, 2.75) is 0 Å². The van der Waals surface area contributed by atoms with Crippen molar-refractivity contribution in [2.24, 2.45) is 5.16 Å². The fourth-order valence-corrected chi connectivity index (χ4v) is 2.36. The molecule has 3 rings (SSSR count). The molecular weight excluding hydrogens is 294 g/mol. The summed E-state index contributed by atoms with van der Waals surface area (Å²) in [5.74, 6) is 0. The molecule has 2 nitrogen and oxygen atoms in total. The van der Waals surface area contributed by atoms with Crippen LogP contribution in [0.1, 0.15) is 16.7 Å². The van der Waals surface area contributed by atoms with E-state index in [1.165, 1.54) is 0 Å². The molecule has 0 fully saturated rings. The molecule has 0 saturated heterocycles. The fourth-order valence-electron chi connectivity index (χ4n) is 2.36. The first-order chi connectivity index (χ1) is 11.9. The van der Waals surface area contributed by atoms with Crippen molar-refractivity contribution in [3.63, 3.8) is 0 Å². The predicted molar refractivity (Wildman–Crippen MR) is 100.0 cm³/mol. The number of benzene rings is 3. The molecule has 0 amide bonds. The van der Waals surface area contributed by atoms with Crippen molar-refractivity contribution in [3.8, 4) is 0 Å². The highest BCUT2D eigenvalue weighted by Gasteiger charge is 2.06. The van der Waals surface area contributed by atoms with Crippen LogP contribution in [0.4, 0.5) is 0 Å². The molecule has 0 aliphatic heterocycles. The average molecular weight is 313 g/mol. The second-order valence-electron chi connectivity index (χ2n) is 5.28. The van der Waals surface area contributed by atoms with Gasteiger partial charge in [0.1, 0.15) is 12.3 Å². The first kappa shape index (κ1) is 15.8. The highest BCUT2D eigenvalue weighted by atomic mass is 16.6. The van der Waals surface area contributed by atoms with Crippen LogP contribution >= 0.6 is 0 Å². The number of hydrogen-bond acceptors (Lipinski definition) is 2. The van der Waals surface area contributed by atoms with E-state index >= 15 is 0 Å². The second-order valence-corrected chi connectivity index (χ2v) is 5.28. The Morgan fingerprint density at radius 2 is 1.21 bits per heavy atom. The zero-order valence-corrected chi connectivity index (χ0v) is 13.4. The predicted octanol–water partition coefficient (Wildman–Crippen LogP) is 5.17. The third-order valence-corrected chi connectivity index (χ3v) is 3.53. The van der Waals surface area contributed by atoms with Crippen LogP contribution in [0, 0.1) is 0 Å². The van der Waals surface area contributed by atoms with Crippen molar-refractivity contribution in [1.29, 1.82) is 0 Å². The van der Waals surface area contributed by atoms with E-state index in [1.807, 2.05) is 91.0 Å². The smallest absolute Gasteiger partial charge is 0.135 e. The molecule has 0 aromatic heterocycles. The maximum Gasteiger partial charge on any atom is 0.135 e. The summed E-state index contributed by atoms with van der Waals surface area (Å²) in [5, 5.41) is 4.36. The van der Waals surface area contributed by atoms with Gasteiger partial charge in [-0.05, 0) is 11.6 Å². The summed E-state index contributed by atoms with van der Waals surface area (Å²) < 4.78 is 0. The van der Waals surface area contributed by atoms with Crippen molar-refractivity contribution in [1.82, 2.24) is 0 Å². The molecule has 3 aromatic carbocycles. The first-order valence-electron chi connectivity index (χ1n) is 7.96. The van der Waals surface area contributed by atoms with Gasteiger partial charge in [0.2, 0.25) is 0 Å². The summed E-state index contributed by atoms with van der Waals surface area (Å²) >= 11 is 0. The van der Waals surface area contributed by atoms with Gasteiger partial charge in [-0.2, -0.15) is 0 Å². The van der Waals surface area contributed by atoms with Crippen LogP contribution in [0.5, 0.6) is 0 Å². The number of hydrogen-bond donors (Lipinski definition) is 0. The van der Waals surface area contributed by atoms with Gasteiger partial charge >= 0.3 is 0 Å². The minimum atomic E-state index is 0.429. The lowest BCUT2D eigenvalue weighted by Gasteiger charge is -2.06. The quantitative estimate of drug-likeness (QED) is 0.349. The van der Waals surface area contributed by atoms with Crippen LogP contribution < -0.4 is 0 Å². The van der Waals surface area contributed by atoms with E-state index in [9.17, 15) is 0 Å². The molecule has 0 radical (unpaired) electrons. The molecule has 2 heteroatoms. The van der Waals surface area contributed by atoms with Gasteiger partial charge < -0.3 is 4.84 Å². The van der Waals surface area contributed by atoms with Crippen molar-refractivity contribution in [2.75, 3.05) is 6.61 Å². The highest BCUT2D eigenvalue weighted by molar-refractivity contribution is 6.12. The molecular formula is C22H19NO. The second kappa shape index (κ2) is 8.49. The Bertz CT molecular complexity index is 752. The minimum Gasteiger partial charge on any atom is -0.391 e. The lowest BCUT2D eigenvalue weighted by atomic mass is 10.0. The largest absolute Gasteiger partial charge is 0.391 e. The number of nitrogens with zero attached hydrogens (tertiary/aromatic N) is 1. The van der Waals surface area contributed by atoms with E-state index < -0.39 is 0 Å². The van der Waals surface area contributed by atoms with Crippen molar-refractivity contribution < 1.29 is 4.84 Å². The molecule has 0 N–H and O–H groups in total. The first-order valence-corrected chi connectivity index (χ1v) is 7.96. The van der Waals surface area contributed by atoms with Gasteiger partial charge in [0.15, 0.2) is 0 Å². The number of oxime groups is 1.